The van der Waals surface area contributed by atoms with Crippen molar-refractivity contribution in [1.29, 1.82) is 0 Å². The molecule has 0 aliphatic rings. The number of ether oxygens (including phenoxy) is 6. The Morgan fingerprint density at radius 3 is 1.13 bits per heavy atom. The van der Waals surface area contributed by atoms with Gasteiger partial charge in [0.05, 0.1) is 122 Å². The molecular formula is C97H88Br2Cl3FKN18NaO18. The summed E-state index contributed by atoms with van der Waals surface area (Å²) in [4.78, 5) is 131. The van der Waals surface area contributed by atoms with Crippen molar-refractivity contribution in [2.45, 2.75) is 47.2 Å². The molecule has 0 fully saturated rings. The number of aromatic nitrogens is 15. The Kier molecular flexibility index (Phi) is 58.6. The van der Waals surface area contributed by atoms with Crippen LogP contribution in [-0.4, -0.2) is 157 Å². The Morgan fingerprint density at radius 2 is 0.780 bits per heavy atom. The molecule has 4 N–H and O–H groups in total. The van der Waals surface area contributed by atoms with Gasteiger partial charge in [-0.15, -0.1) is 0 Å². The van der Waals surface area contributed by atoms with E-state index in [1.165, 1.54) is 109 Å². The average molecular weight is 2140 g/mol. The zero-order chi connectivity index (χ0) is 99.2. The molecule has 0 amide bonds. The molecule has 16 aromatic rings. The molecule has 0 bridgehead atoms. The van der Waals surface area contributed by atoms with Crippen molar-refractivity contribution in [3.8, 4) is 80.0 Å². The Morgan fingerprint density at radius 1 is 0.433 bits per heavy atom. The van der Waals surface area contributed by atoms with Crippen LogP contribution in [-0.2, 0) is 13.1 Å². The number of ketones is 5. The number of hydrogen-bond donors (Lipinski definition) is 2. The minimum Gasteiger partial charge on any atom is -0.870 e. The third kappa shape index (κ3) is 43.1. The maximum absolute atomic E-state index is 12.3. The Balaban J connectivity index is 0.000000432. The first-order valence-electron chi connectivity index (χ1n) is 39.8. The monoisotopic (exact) mass is 2140 g/mol. The van der Waals surface area contributed by atoms with E-state index < -0.39 is 9.85 Å². The number of nitrogens with zero attached hydrogens (tertiary/aromatic N) is 17. The molecule has 7 aromatic carbocycles. The molecule has 44 heteroatoms. The Hall–Kier alpha value is -13.4. The SMILES string of the molecule is Brc1cncnc1.C.CC(=O)c1ccc(F)cc1.CC(=O)c1ccc(Oc2cncnc2)cc1.COc1ccc(CN)nc1[N+](=O)[O-].COc1ccc(Cn2c(-c3ccc(Oc4cncnc4)cc3)ccc2-c2ccccc2Cl)nc1[N+](=O)[O-].COc1cncnc1.C[O-].O=C(CBr)c1ccccc1Cl.O=C(CCC(=O)c1ccccc1Cl)c1ccc(Oc2cncnc2)cc1.Oc1cncnc1.[K+].[Na+].[OH-]. The summed E-state index contributed by atoms with van der Waals surface area (Å²) >= 11 is 24.6. The van der Waals surface area contributed by atoms with Gasteiger partial charge >= 0.3 is 92.6 Å². The summed E-state index contributed by atoms with van der Waals surface area (Å²) in [6, 6.07) is 58.4. The number of methoxy groups -OCH3 is 3. The van der Waals surface area contributed by atoms with Crippen LogP contribution >= 0.6 is 66.7 Å². The first kappa shape index (κ1) is 122. The van der Waals surface area contributed by atoms with E-state index in [9.17, 15) is 48.6 Å². The fourth-order valence-electron chi connectivity index (χ4n) is 10.9. The van der Waals surface area contributed by atoms with Gasteiger partial charge in [-0.25, -0.2) is 64.2 Å². The molecule has 9 heterocycles. The number of nitro groups is 2. The second-order valence-electron chi connectivity index (χ2n) is 26.6. The quantitative estimate of drug-likeness (QED) is 0.0176. The molecule has 0 saturated carbocycles. The van der Waals surface area contributed by atoms with E-state index in [1.807, 2.05) is 65.2 Å². The molecule has 0 atom stereocenters. The summed E-state index contributed by atoms with van der Waals surface area (Å²) in [7, 11) is 5.06. The van der Waals surface area contributed by atoms with E-state index >= 15 is 0 Å². The number of benzene rings is 7. The van der Waals surface area contributed by atoms with Gasteiger partial charge in [-0.2, -0.15) is 7.11 Å². The predicted molar refractivity (Wildman–Crippen MR) is 523 cm³/mol. The van der Waals surface area contributed by atoms with E-state index in [0.29, 0.717) is 99.8 Å². The fourth-order valence-corrected chi connectivity index (χ4v) is 12.1. The van der Waals surface area contributed by atoms with Crippen LogP contribution < -0.4 is 120 Å². The van der Waals surface area contributed by atoms with Gasteiger partial charge in [0, 0.05) is 69.3 Å². The number of nitrogens with two attached hydrogens (primary N) is 1. The second kappa shape index (κ2) is 67.8. The molecule has 141 heavy (non-hydrogen) atoms. The second-order valence-corrected chi connectivity index (χ2v) is 29.3. The van der Waals surface area contributed by atoms with Crippen LogP contribution in [0.5, 0.6) is 57.5 Å². The summed E-state index contributed by atoms with van der Waals surface area (Å²) in [5, 5.41) is 40.6. The van der Waals surface area contributed by atoms with E-state index in [-0.39, 0.29) is 183 Å². The third-order valence-electron chi connectivity index (χ3n) is 17.3. The van der Waals surface area contributed by atoms with Crippen LogP contribution in [0.25, 0.3) is 22.5 Å². The molecule has 718 valence electrons. The van der Waals surface area contributed by atoms with Crippen molar-refractivity contribution in [2.24, 2.45) is 5.73 Å². The van der Waals surface area contributed by atoms with Crippen molar-refractivity contribution in [3.63, 3.8) is 0 Å². The first-order chi connectivity index (χ1) is 66.3. The molecular weight excluding hydrogens is 2050 g/mol. The average Bonchev–Trinajstić information content (AvgIpc) is 1.64. The van der Waals surface area contributed by atoms with Crippen LogP contribution in [0.4, 0.5) is 16.0 Å². The minimum absolute atomic E-state index is 0. The summed E-state index contributed by atoms with van der Waals surface area (Å²) in [5.41, 5.74) is 12.5. The summed E-state index contributed by atoms with van der Waals surface area (Å²) < 4.78 is 46.7. The molecule has 0 saturated heterocycles. The van der Waals surface area contributed by atoms with Crippen LogP contribution in [0.15, 0.2) is 323 Å². The topological polar surface area (TPSA) is 512 Å². The zero-order valence-corrected chi connectivity index (χ0v) is 86.5. The van der Waals surface area contributed by atoms with Gasteiger partial charge in [-0.1, -0.05) is 101 Å². The fraction of sp³-hybridized carbons (Fsp3) is 0.124. The van der Waals surface area contributed by atoms with Gasteiger partial charge in [-0.3, -0.25) is 24.0 Å². The predicted octanol–water partition coefficient (Wildman–Crippen LogP) is 14.4. The Labute approximate surface area is 905 Å². The molecule has 16 rings (SSSR count). The van der Waals surface area contributed by atoms with Crippen molar-refractivity contribution in [1.82, 2.24) is 74.3 Å². The number of Topliss-reactive ketones (excluding diaryl/α,β-unsaturated/α-hetero) is 5. The number of alkyl halides is 1. The Bertz CT molecular complexity index is 6440. The number of halogens is 6. The standard InChI is InChI=1S/C27H20ClN5O4.C20H15ClN2O3.C12H10N2O2.C8H6BrClO.C8H7FO.C7H9N3O3.C5H6N2O.C4H3BrN2.C4H4N2O.CH3O.CH4.K.Na.H2O/c1-36-26-13-8-19(31-27(26)33(34)35)16-32-24(11-12-25(32)22-4-2-3-5-23(22)28)18-6-9-20(10-7-18)37-21-14-29-17-30-15-21;21-18-4-2-1-3-17(18)20(25)10-9-19(24)14-5-7-15(8-6-14)26-16-11-22-13-23-12-16;1-9(15)10-2-4-11(5-3-10)16-12-6-13-8-14-7-12;9-5-8(11)6-3-1-2-4-7(6)10;1-6(10)7-2-4-8(9)5-3-7;1-13-6-3-2-5(4-8)9-7(6)10(11)12;1-8-5-2-6-4-7-3-5;5-4-1-6-3-7-2-4;7-4-1-5-3-6-2-4;1-2;;;;/h2-15,17H,16H2,1H3;1-8,11-13H,9-10H2;2-8H,1H3;1-4H,5H2;2-5H,1H3;2-3H,4,8H2,1H3;2-4H,1H3;1-3H;1-3,7H;1H3;1H4;;;1H2/q;;;;;;;;;-1;;2*+1;/p-1. The molecule has 0 radical (unpaired) electrons. The number of aromatic hydroxyl groups is 1. The van der Waals surface area contributed by atoms with Gasteiger partial charge in [-0.05, 0) is 219 Å². The van der Waals surface area contributed by atoms with Crippen molar-refractivity contribution < 1.29 is 163 Å². The van der Waals surface area contributed by atoms with E-state index in [0.717, 1.165) is 34.1 Å². The number of carbonyl (C=O) groups excluding carboxylic acids is 5. The van der Waals surface area contributed by atoms with Crippen molar-refractivity contribution in [2.75, 3.05) is 33.8 Å². The summed E-state index contributed by atoms with van der Waals surface area (Å²) in [5.74, 6) is 3.30. The maximum atomic E-state index is 12.3. The molecule has 0 unspecified atom stereocenters. The molecule has 0 aliphatic heterocycles. The number of rotatable bonds is 25. The van der Waals surface area contributed by atoms with Gasteiger partial charge in [0.25, 0.3) is 0 Å². The summed E-state index contributed by atoms with van der Waals surface area (Å²) in [6.07, 6.45) is 27.5. The van der Waals surface area contributed by atoms with Gasteiger partial charge in [0.2, 0.25) is 11.5 Å². The number of carbonyl (C=O) groups is 5. The van der Waals surface area contributed by atoms with Crippen molar-refractivity contribution >= 4 is 107 Å². The smallest absolute Gasteiger partial charge is 0.870 e. The van der Waals surface area contributed by atoms with Crippen LogP contribution in [0.3, 0.4) is 0 Å². The number of hydrogen-bond acceptors (Lipinski definition) is 33. The third-order valence-corrected chi connectivity index (χ3v) is 19.2. The van der Waals surface area contributed by atoms with Gasteiger partial charge in [0.15, 0.2) is 69.1 Å². The molecule has 36 nitrogen and oxygen atoms in total. The maximum Gasteiger partial charge on any atom is 1.00 e. The molecule has 0 aliphatic carbocycles. The van der Waals surface area contributed by atoms with Crippen molar-refractivity contribution in [3.05, 3.63) is 403 Å². The zero-order valence-electron chi connectivity index (χ0n) is 75.9. The minimum atomic E-state index is -0.599. The van der Waals surface area contributed by atoms with Crippen LogP contribution in [0, 0.1) is 26.0 Å². The van der Waals surface area contributed by atoms with E-state index in [1.54, 1.807) is 184 Å². The largest absolute Gasteiger partial charge is 1.00 e. The first-order valence-corrected chi connectivity index (χ1v) is 42.9. The summed E-state index contributed by atoms with van der Waals surface area (Å²) in [6.45, 7) is 3.42. The normalized spacial score (nSPS) is 9.55. The van der Waals surface area contributed by atoms with E-state index in [4.69, 9.17) is 79.2 Å². The molecule has 9 aromatic heterocycles. The van der Waals surface area contributed by atoms with E-state index in [2.05, 4.69) is 102 Å². The van der Waals surface area contributed by atoms with Crippen LogP contribution in [0.2, 0.25) is 15.1 Å². The molecule has 0 spiro atoms. The van der Waals surface area contributed by atoms with Gasteiger partial charge in [0.1, 0.15) is 61.0 Å². The van der Waals surface area contributed by atoms with Gasteiger partial charge < -0.3 is 74.6 Å². The number of pyridine rings is 2. The van der Waals surface area contributed by atoms with Crippen LogP contribution in [0.1, 0.15) is 97.3 Å².